The van der Waals surface area contributed by atoms with E-state index >= 15 is 0 Å². The fraction of sp³-hybridized carbons (Fsp3) is 0.625. The maximum atomic E-state index is 13.1. The Balaban J connectivity index is 1.71. The standard InChI is InChI=1S/C32H51BN4O6Si/c1-22-24(33-42-31(8,9)32(10,11)43-33)15-14-16-25(22)36-27(38)26-20-34-23(19-35-26)21-37(28(39)41-29(2,3)4)17-18-40-44(12,13)30(5,6)7/h14-16,19-20H,17-18,21H2,1-13H3,(H,36,38). The van der Waals surface area contributed by atoms with Crippen LogP contribution in [0.3, 0.4) is 0 Å². The smallest absolute Gasteiger partial charge is 0.444 e. The number of nitrogens with one attached hydrogen (secondary N) is 1. The second kappa shape index (κ2) is 12.9. The van der Waals surface area contributed by atoms with Gasteiger partial charge in [-0.1, -0.05) is 32.9 Å². The van der Waals surface area contributed by atoms with Crippen LogP contribution >= 0.6 is 0 Å². The Morgan fingerprint density at radius 3 is 2.14 bits per heavy atom. The Bertz CT molecular complexity index is 1320. The van der Waals surface area contributed by atoms with Gasteiger partial charge in [0, 0.05) is 12.2 Å². The average Bonchev–Trinajstić information content (AvgIpc) is 3.09. The average molecular weight is 627 g/mol. The molecule has 0 spiro atoms. The van der Waals surface area contributed by atoms with E-state index in [2.05, 4.69) is 49.1 Å². The van der Waals surface area contributed by atoms with Gasteiger partial charge in [-0.05, 0) is 90.6 Å². The van der Waals surface area contributed by atoms with Crippen molar-refractivity contribution in [2.75, 3.05) is 18.5 Å². The van der Waals surface area contributed by atoms with E-state index in [1.807, 2.05) is 73.6 Å². The third-order valence-electron chi connectivity index (χ3n) is 8.70. The van der Waals surface area contributed by atoms with Gasteiger partial charge in [0.25, 0.3) is 5.91 Å². The van der Waals surface area contributed by atoms with Gasteiger partial charge in [0.1, 0.15) is 11.3 Å². The van der Waals surface area contributed by atoms with E-state index in [1.54, 1.807) is 4.90 Å². The van der Waals surface area contributed by atoms with Gasteiger partial charge >= 0.3 is 13.2 Å². The minimum atomic E-state index is -1.99. The molecule has 1 fully saturated rings. The quantitative estimate of drug-likeness (QED) is 0.333. The molecule has 2 aromatic rings. The number of hydrogen-bond donors (Lipinski definition) is 1. The Hall–Kier alpha value is -2.80. The van der Waals surface area contributed by atoms with E-state index < -0.39 is 44.2 Å². The number of benzene rings is 1. The van der Waals surface area contributed by atoms with E-state index in [0.29, 0.717) is 24.5 Å². The van der Waals surface area contributed by atoms with Crippen LogP contribution in [-0.2, 0) is 25.0 Å². The minimum absolute atomic E-state index is 0.0530. The van der Waals surface area contributed by atoms with E-state index in [4.69, 9.17) is 18.5 Å². The van der Waals surface area contributed by atoms with Crippen LogP contribution in [0.2, 0.25) is 18.1 Å². The molecular weight excluding hydrogens is 575 g/mol. The molecule has 0 atom stereocenters. The molecule has 3 rings (SSSR count). The summed E-state index contributed by atoms with van der Waals surface area (Å²) in [6.07, 6.45) is 2.46. The van der Waals surface area contributed by atoms with Crippen LogP contribution in [0.15, 0.2) is 30.6 Å². The SMILES string of the molecule is Cc1c(NC(=O)c2cnc(CN(CCO[Si](C)(C)C(C)(C)C)C(=O)OC(C)(C)C)cn2)cccc1B1OC(C)(C)C(C)(C)O1. The molecule has 0 radical (unpaired) electrons. The second-order valence-electron chi connectivity index (χ2n) is 15.0. The molecule has 44 heavy (non-hydrogen) atoms. The predicted molar refractivity (Wildman–Crippen MR) is 177 cm³/mol. The van der Waals surface area contributed by atoms with E-state index in [-0.39, 0.29) is 17.3 Å². The maximum absolute atomic E-state index is 13.1. The molecule has 0 saturated carbocycles. The number of carbonyl (C=O) groups is 2. The number of hydrogen-bond acceptors (Lipinski definition) is 8. The van der Waals surface area contributed by atoms with Crippen molar-refractivity contribution in [1.29, 1.82) is 0 Å². The molecule has 0 aliphatic carbocycles. The molecule has 1 aliphatic rings. The molecule has 1 aromatic carbocycles. The third kappa shape index (κ3) is 8.68. The molecular formula is C32H51BN4O6Si. The third-order valence-corrected chi connectivity index (χ3v) is 13.2. The van der Waals surface area contributed by atoms with Crippen molar-refractivity contribution in [3.8, 4) is 0 Å². The lowest BCUT2D eigenvalue weighted by Gasteiger charge is -2.37. The summed E-state index contributed by atoms with van der Waals surface area (Å²) in [6, 6.07) is 5.63. The lowest BCUT2D eigenvalue weighted by atomic mass is 9.76. The molecule has 1 saturated heterocycles. The van der Waals surface area contributed by atoms with Gasteiger partial charge in [-0.15, -0.1) is 0 Å². The summed E-state index contributed by atoms with van der Waals surface area (Å²) in [5, 5.41) is 2.99. The number of ether oxygens (including phenoxy) is 1. The summed E-state index contributed by atoms with van der Waals surface area (Å²) in [7, 11) is -2.54. The number of nitrogens with zero attached hydrogens (tertiary/aromatic N) is 3. The van der Waals surface area contributed by atoms with Gasteiger partial charge in [0.15, 0.2) is 8.32 Å². The summed E-state index contributed by atoms with van der Waals surface area (Å²) < 4.78 is 24.4. The molecule has 0 unspecified atom stereocenters. The highest BCUT2D eigenvalue weighted by Gasteiger charge is 2.52. The summed E-state index contributed by atoms with van der Waals surface area (Å²) >= 11 is 0. The number of amides is 2. The fourth-order valence-corrected chi connectivity index (χ4v) is 5.17. The van der Waals surface area contributed by atoms with Crippen LogP contribution < -0.4 is 10.8 Å². The summed E-state index contributed by atoms with van der Waals surface area (Å²) in [5.74, 6) is -0.398. The van der Waals surface area contributed by atoms with Crippen LogP contribution in [-0.4, -0.2) is 72.3 Å². The molecule has 1 N–H and O–H groups in total. The van der Waals surface area contributed by atoms with Gasteiger partial charge in [0.05, 0.1) is 42.4 Å². The molecule has 10 nitrogen and oxygen atoms in total. The summed E-state index contributed by atoms with van der Waals surface area (Å²) in [5.41, 5.74) is 1.40. The lowest BCUT2D eigenvalue weighted by molar-refractivity contribution is 0.00578. The molecule has 2 amide bonds. The zero-order valence-corrected chi connectivity index (χ0v) is 29.9. The van der Waals surface area contributed by atoms with Crippen molar-refractivity contribution in [2.45, 2.75) is 118 Å². The van der Waals surface area contributed by atoms with Crippen molar-refractivity contribution in [2.24, 2.45) is 0 Å². The predicted octanol–water partition coefficient (Wildman–Crippen LogP) is 6.10. The van der Waals surface area contributed by atoms with Crippen LogP contribution in [0.5, 0.6) is 0 Å². The van der Waals surface area contributed by atoms with Crippen molar-refractivity contribution < 1.29 is 28.1 Å². The molecule has 1 aliphatic heterocycles. The summed E-state index contributed by atoms with van der Waals surface area (Å²) in [6.45, 7) is 27.2. The Kier molecular flexibility index (Phi) is 10.5. The fourth-order valence-electron chi connectivity index (χ4n) is 4.14. The molecule has 0 bridgehead atoms. The van der Waals surface area contributed by atoms with Crippen LogP contribution in [0.25, 0.3) is 0 Å². The van der Waals surface area contributed by atoms with Crippen molar-refractivity contribution in [3.05, 3.63) is 47.5 Å². The molecule has 12 heteroatoms. The first kappa shape index (κ1) is 35.7. The Labute approximate surface area is 264 Å². The molecule has 2 heterocycles. The van der Waals surface area contributed by atoms with E-state index in [0.717, 1.165) is 11.0 Å². The maximum Gasteiger partial charge on any atom is 0.495 e. The minimum Gasteiger partial charge on any atom is -0.444 e. The first-order valence-corrected chi connectivity index (χ1v) is 18.1. The van der Waals surface area contributed by atoms with E-state index in [1.165, 1.54) is 12.4 Å². The van der Waals surface area contributed by atoms with Crippen LogP contribution in [0, 0.1) is 6.92 Å². The first-order valence-electron chi connectivity index (χ1n) is 15.2. The van der Waals surface area contributed by atoms with Gasteiger partial charge in [-0.3, -0.25) is 14.7 Å². The second-order valence-corrected chi connectivity index (χ2v) is 19.8. The van der Waals surface area contributed by atoms with Gasteiger partial charge in [0.2, 0.25) is 0 Å². The highest BCUT2D eigenvalue weighted by Crippen LogP contribution is 2.37. The number of anilines is 1. The lowest BCUT2D eigenvalue weighted by Crippen LogP contribution is -2.44. The highest BCUT2D eigenvalue weighted by atomic mass is 28.4. The van der Waals surface area contributed by atoms with Crippen molar-refractivity contribution in [3.63, 3.8) is 0 Å². The Morgan fingerprint density at radius 1 is 1.00 bits per heavy atom. The van der Waals surface area contributed by atoms with Crippen molar-refractivity contribution >= 4 is 38.6 Å². The van der Waals surface area contributed by atoms with E-state index in [9.17, 15) is 9.59 Å². The topological polar surface area (TPSA) is 112 Å². The van der Waals surface area contributed by atoms with Crippen molar-refractivity contribution in [1.82, 2.24) is 14.9 Å². The normalized spacial score (nSPS) is 16.5. The number of aromatic nitrogens is 2. The zero-order valence-electron chi connectivity index (χ0n) is 28.9. The summed E-state index contributed by atoms with van der Waals surface area (Å²) in [4.78, 5) is 36.6. The molecule has 242 valence electrons. The Morgan fingerprint density at radius 2 is 1.61 bits per heavy atom. The first-order chi connectivity index (χ1) is 20.0. The zero-order chi connectivity index (χ0) is 33.3. The van der Waals surface area contributed by atoms with Crippen LogP contribution in [0.1, 0.15) is 91.0 Å². The number of carbonyl (C=O) groups excluding carboxylic acids is 2. The number of rotatable bonds is 9. The van der Waals surface area contributed by atoms with Gasteiger partial charge in [-0.2, -0.15) is 0 Å². The monoisotopic (exact) mass is 626 g/mol. The highest BCUT2D eigenvalue weighted by molar-refractivity contribution is 6.74. The molecule has 1 aromatic heterocycles. The van der Waals surface area contributed by atoms with Gasteiger partial charge in [-0.25, -0.2) is 9.78 Å². The largest absolute Gasteiger partial charge is 0.495 e. The van der Waals surface area contributed by atoms with Gasteiger partial charge < -0.3 is 23.8 Å². The van der Waals surface area contributed by atoms with Crippen LogP contribution in [0.4, 0.5) is 10.5 Å².